The molecule has 0 radical (unpaired) electrons. The summed E-state index contributed by atoms with van der Waals surface area (Å²) < 4.78 is 7.64. The van der Waals surface area contributed by atoms with Gasteiger partial charge in [-0.1, -0.05) is 22.8 Å². The minimum atomic E-state index is 0.0867. The normalized spacial score (nSPS) is 14.3. The Morgan fingerprint density at radius 2 is 2.04 bits per heavy atom. The standard InChI is InChI=1S/C20H19ClN6O/c1-10(2)27-18-12(21)9-24-20(22)15(18)16(25-27)17-14(13-5-3-4-8-23-13)19(28-26-17)11-6-7-11/h3-5,8-11H,6-7H2,1-2H3,(H2,22,24). The predicted molar refractivity (Wildman–Crippen MR) is 108 cm³/mol. The van der Waals surface area contributed by atoms with Crippen LogP contribution >= 0.6 is 11.6 Å². The molecule has 1 aliphatic carbocycles. The molecule has 142 valence electrons. The third-order valence-corrected chi connectivity index (χ3v) is 5.29. The van der Waals surface area contributed by atoms with E-state index >= 15 is 0 Å². The zero-order valence-electron chi connectivity index (χ0n) is 15.6. The van der Waals surface area contributed by atoms with Crippen molar-refractivity contribution in [3.63, 3.8) is 0 Å². The number of nitrogens with two attached hydrogens (primary N) is 1. The molecular formula is C20H19ClN6O. The molecule has 0 aromatic carbocycles. The van der Waals surface area contributed by atoms with Crippen molar-refractivity contribution in [3.05, 3.63) is 41.4 Å². The summed E-state index contributed by atoms with van der Waals surface area (Å²) in [6, 6.07) is 5.88. The van der Waals surface area contributed by atoms with Gasteiger partial charge in [0.15, 0.2) is 0 Å². The molecule has 4 heterocycles. The van der Waals surface area contributed by atoms with Crippen LogP contribution in [0.2, 0.25) is 5.02 Å². The van der Waals surface area contributed by atoms with E-state index in [9.17, 15) is 0 Å². The molecule has 0 unspecified atom stereocenters. The molecule has 0 spiro atoms. The number of nitrogens with zero attached hydrogens (tertiary/aromatic N) is 5. The van der Waals surface area contributed by atoms with Crippen molar-refractivity contribution in [2.75, 3.05) is 5.73 Å². The van der Waals surface area contributed by atoms with E-state index in [0.29, 0.717) is 33.5 Å². The number of anilines is 1. The summed E-state index contributed by atoms with van der Waals surface area (Å²) >= 11 is 6.47. The van der Waals surface area contributed by atoms with Crippen LogP contribution in [0.3, 0.4) is 0 Å². The Bertz CT molecular complexity index is 1180. The van der Waals surface area contributed by atoms with Crippen molar-refractivity contribution in [2.24, 2.45) is 0 Å². The molecule has 0 atom stereocenters. The first-order valence-electron chi connectivity index (χ1n) is 9.29. The summed E-state index contributed by atoms with van der Waals surface area (Å²) in [5.41, 5.74) is 9.92. The lowest BCUT2D eigenvalue weighted by Gasteiger charge is -2.07. The molecule has 0 bridgehead atoms. The molecule has 2 N–H and O–H groups in total. The first kappa shape index (κ1) is 17.2. The van der Waals surface area contributed by atoms with Crippen molar-refractivity contribution in [3.8, 4) is 22.6 Å². The highest BCUT2D eigenvalue weighted by molar-refractivity contribution is 6.35. The van der Waals surface area contributed by atoms with Crippen LogP contribution in [0, 0.1) is 0 Å². The van der Waals surface area contributed by atoms with Gasteiger partial charge in [0.2, 0.25) is 0 Å². The fraction of sp³-hybridized carbons (Fsp3) is 0.300. The molecular weight excluding hydrogens is 376 g/mol. The number of halogens is 1. The van der Waals surface area contributed by atoms with Gasteiger partial charge in [-0.2, -0.15) is 5.10 Å². The summed E-state index contributed by atoms with van der Waals surface area (Å²) in [5.74, 6) is 1.59. The summed E-state index contributed by atoms with van der Waals surface area (Å²) in [7, 11) is 0. The number of aromatic nitrogens is 5. The van der Waals surface area contributed by atoms with Gasteiger partial charge >= 0.3 is 0 Å². The monoisotopic (exact) mass is 394 g/mol. The molecule has 1 fully saturated rings. The second kappa shape index (κ2) is 6.31. The molecule has 28 heavy (non-hydrogen) atoms. The van der Waals surface area contributed by atoms with Gasteiger partial charge in [-0.3, -0.25) is 9.67 Å². The van der Waals surface area contributed by atoms with Crippen LogP contribution < -0.4 is 5.73 Å². The van der Waals surface area contributed by atoms with E-state index in [1.165, 1.54) is 0 Å². The molecule has 8 heteroatoms. The van der Waals surface area contributed by atoms with Crippen molar-refractivity contribution >= 4 is 28.3 Å². The number of hydrogen-bond donors (Lipinski definition) is 1. The average molecular weight is 395 g/mol. The van der Waals surface area contributed by atoms with Crippen molar-refractivity contribution in [1.82, 2.24) is 24.9 Å². The fourth-order valence-electron chi connectivity index (χ4n) is 3.54. The molecule has 5 rings (SSSR count). The van der Waals surface area contributed by atoms with Gasteiger partial charge in [0, 0.05) is 18.2 Å². The molecule has 1 aliphatic rings. The third-order valence-electron chi connectivity index (χ3n) is 5.01. The van der Waals surface area contributed by atoms with Gasteiger partial charge in [-0.05, 0) is 38.8 Å². The highest BCUT2D eigenvalue weighted by Crippen LogP contribution is 2.48. The van der Waals surface area contributed by atoms with Crippen LogP contribution in [0.25, 0.3) is 33.5 Å². The fourth-order valence-corrected chi connectivity index (χ4v) is 3.77. The lowest BCUT2D eigenvalue weighted by Crippen LogP contribution is -2.03. The Balaban J connectivity index is 1.84. The van der Waals surface area contributed by atoms with Crippen molar-refractivity contribution < 1.29 is 4.52 Å². The molecule has 4 aromatic heterocycles. The zero-order chi connectivity index (χ0) is 19.4. The number of nitrogen functional groups attached to an aromatic ring is 1. The van der Waals surface area contributed by atoms with E-state index in [1.54, 1.807) is 12.4 Å². The Labute approximate surface area is 166 Å². The Morgan fingerprint density at radius 1 is 1.21 bits per heavy atom. The number of rotatable bonds is 4. The second-order valence-electron chi connectivity index (χ2n) is 7.36. The zero-order valence-corrected chi connectivity index (χ0v) is 16.3. The van der Waals surface area contributed by atoms with E-state index in [4.69, 9.17) is 27.0 Å². The van der Waals surface area contributed by atoms with Crippen LogP contribution in [-0.2, 0) is 0 Å². The van der Waals surface area contributed by atoms with E-state index in [1.807, 2.05) is 36.7 Å². The lowest BCUT2D eigenvalue weighted by molar-refractivity contribution is 0.386. The van der Waals surface area contributed by atoms with Crippen molar-refractivity contribution in [1.29, 1.82) is 0 Å². The lowest BCUT2D eigenvalue weighted by atomic mass is 10.0. The maximum atomic E-state index is 6.47. The summed E-state index contributed by atoms with van der Waals surface area (Å²) in [6.07, 6.45) is 5.50. The number of hydrogen-bond acceptors (Lipinski definition) is 6. The molecule has 7 nitrogen and oxygen atoms in total. The van der Waals surface area contributed by atoms with Crippen molar-refractivity contribution in [2.45, 2.75) is 38.6 Å². The van der Waals surface area contributed by atoms with Crippen LogP contribution in [0.1, 0.15) is 44.4 Å². The van der Waals surface area contributed by atoms with Crippen LogP contribution in [0.15, 0.2) is 35.1 Å². The molecule has 4 aromatic rings. The Hall–Kier alpha value is -2.93. The van der Waals surface area contributed by atoms with Gasteiger partial charge in [0.05, 0.1) is 33.4 Å². The first-order valence-corrected chi connectivity index (χ1v) is 9.67. The van der Waals surface area contributed by atoms with E-state index in [-0.39, 0.29) is 6.04 Å². The minimum Gasteiger partial charge on any atom is -0.383 e. The summed E-state index contributed by atoms with van der Waals surface area (Å²) in [6.45, 7) is 4.09. The quantitative estimate of drug-likeness (QED) is 0.532. The predicted octanol–water partition coefficient (Wildman–Crippen LogP) is 4.84. The SMILES string of the molecule is CC(C)n1nc(-c2noc(C3CC3)c2-c2ccccn2)c2c(N)ncc(Cl)c21. The minimum absolute atomic E-state index is 0.0867. The highest BCUT2D eigenvalue weighted by Gasteiger charge is 2.35. The van der Waals surface area contributed by atoms with Gasteiger partial charge in [-0.15, -0.1) is 0 Å². The molecule has 0 aliphatic heterocycles. The Kier molecular flexibility index (Phi) is 3.87. The first-order chi connectivity index (χ1) is 13.6. The number of pyridine rings is 2. The molecule has 0 saturated heterocycles. The summed E-state index contributed by atoms with van der Waals surface area (Å²) in [5, 5.41) is 10.4. The van der Waals surface area contributed by atoms with Crippen LogP contribution in [0.4, 0.5) is 5.82 Å². The van der Waals surface area contributed by atoms with E-state index in [0.717, 1.165) is 35.4 Å². The van der Waals surface area contributed by atoms with Gasteiger partial charge in [0.25, 0.3) is 0 Å². The smallest absolute Gasteiger partial charge is 0.149 e. The third kappa shape index (κ3) is 2.57. The second-order valence-corrected chi connectivity index (χ2v) is 7.77. The Morgan fingerprint density at radius 3 is 2.71 bits per heavy atom. The maximum absolute atomic E-state index is 6.47. The molecule has 0 amide bonds. The molecule has 1 saturated carbocycles. The summed E-state index contributed by atoms with van der Waals surface area (Å²) in [4.78, 5) is 8.77. The number of fused-ring (bicyclic) bond motifs is 1. The van der Waals surface area contributed by atoms with Crippen LogP contribution in [0.5, 0.6) is 0 Å². The van der Waals surface area contributed by atoms with Gasteiger partial charge in [0.1, 0.15) is 23.0 Å². The van der Waals surface area contributed by atoms with E-state index in [2.05, 4.69) is 15.1 Å². The largest absolute Gasteiger partial charge is 0.383 e. The highest BCUT2D eigenvalue weighted by atomic mass is 35.5. The average Bonchev–Trinajstić information content (AvgIpc) is 3.30. The van der Waals surface area contributed by atoms with E-state index < -0.39 is 0 Å². The maximum Gasteiger partial charge on any atom is 0.149 e. The topological polar surface area (TPSA) is 95.7 Å². The van der Waals surface area contributed by atoms with Gasteiger partial charge in [-0.25, -0.2) is 4.98 Å². The van der Waals surface area contributed by atoms with Crippen LogP contribution in [-0.4, -0.2) is 24.9 Å². The van der Waals surface area contributed by atoms with Gasteiger partial charge < -0.3 is 10.3 Å².